The molecule has 1 aliphatic carbocycles. The third-order valence-electron chi connectivity index (χ3n) is 4.42. The van der Waals surface area contributed by atoms with Crippen LogP contribution in [0.3, 0.4) is 0 Å². The van der Waals surface area contributed by atoms with E-state index in [9.17, 15) is 8.42 Å². The minimum Gasteiger partial charge on any atom is -0.228 e. The molecule has 0 aromatic rings. The SMILES string of the molecule is CCC(C)(C)S(=O)(=O)C(C)C1CCCCC1. The quantitative estimate of drug-likeness (QED) is 0.760. The molecule has 0 aromatic heterocycles. The van der Waals surface area contributed by atoms with Crippen LogP contribution in [0, 0.1) is 5.92 Å². The Bertz CT molecular complexity index is 311. The Kier molecular flexibility index (Phi) is 4.44. The lowest BCUT2D eigenvalue weighted by atomic mass is 9.87. The summed E-state index contributed by atoms with van der Waals surface area (Å²) < 4.78 is 24.4. The molecule has 1 fully saturated rings. The molecule has 1 aliphatic rings. The molecule has 96 valence electrons. The molecule has 1 unspecified atom stereocenters. The van der Waals surface area contributed by atoms with Crippen LogP contribution in [0.15, 0.2) is 0 Å². The van der Waals surface area contributed by atoms with Crippen molar-refractivity contribution in [2.75, 3.05) is 0 Å². The lowest BCUT2D eigenvalue weighted by molar-refractivity contribution is 0.344. The van der Waals surface area contributed by atoms with Crippen LogP contribution in [-0.4, -0.2) is 18.4 Å². The van der Waals surface area contributed by atoms with Gasteiger partial charge in [-0.3, -0.25) is 0 Å². The van der Waals surface area contributed by atoms with E-state index in [1.807, 2.05) is 27.7 Å². The van der Waals surface area contributed by atoms with Crippen molar-refractivity contribution in [3.05, 3.63) is 0 Å². The fourth-order valence-corrected chi connectivity index (χ4v) is 4.75. The lowest BCUT2D eigenvalue weighted by Crippen LogP contribution is -2.41. The summed E-state index contributed by atoms with van der Waals surface area (Å²) in [5.41, 5.74) is 0. The molecule has 3 heteroatoms. The van der Waals surface area contributed by atoms with Crippen LogP contribution in [-0.2, 0) is 9.84 Å². The van der Waals surface area contributed by atoms with Crippen LogP contribution in [0.1, 0.15) is 66.2 Å². The fraction of sp³-hybridized carbons (Fsp3) is 1.00. The molecule has 0 radical (unpaired) electrons. The zero-order chi connectivity index (χ0) is 12.4. The van der Waals surface area contributed by atoms with Crippen LogP contribution >= 0.6 is 0 Å². The van der Waals surface area contributed by atoms with E-state index in [1.54, 1.807) is 0 Å². The summed E-state index contributed by atoms with van der Waals surface area (Å²) >= 11 is 0. The average Bonchev–Trinajstić information content (AvgIpc) is 2.29. The average molecular weight is 246 g/mol. The van der Waals surface area contributed by atoms with Gasteiger partial charge in [-0.05, 0) is 46.0 Å². The van der Waals surface area contributed by atoms with Crippen molar-refractivity contribution in [1.82, 2.24) is 0 Å². The van der Waals surface area contributed by atoms with Gasteiger partial charge in [0, 0.05) is 0 Å². The van der Waals surface area contributed by atoms with Gasteiger partial charge in [0.2, 0.25) is 0 Å². The maximum absolute atomic E-state index is 12.5. The first-order chi connectivity index (χ1) is 7.33. The Morgan fingerprint density at radius 2 is 1.69 bits per heavy atom. The van der Waals surface area contributed by atoms with E-state index in [1.165, 1.54) is 19.3 Å². The molecule has 0 bridgehead atoms. The summed E-state index contributed by atoms with van der Waals surface area (Å²) in [6.45, 7) is 7.61. The Balaban J connectivity index is 2.82. The van der Waals surface area contributed by atoms with E-state index in [2.05, 4.69) is 0 Å². The molecule has 1 rings (SSSR count). The van der Waals surface area contributed by atoms with Gasteiger partial charge in [-0.15, -0.1) is 0 Å². The third kappa shape index (κ3) is 2.61. The second-order valence-corrected chi connectivity index (χ2v) is 8.70. The second-order valence-electron chi connectivity index (χ2n) is 5.76. The summed E-state index contributed by atoms with van der Waals surface area (Å²) in [6, 6.07) is 0. The van der Waals surface area contributed by atoms with Crippen LogP contribution < -0.4 is 0 Å². The molecule has 1 saturated carbocycles. The maximum atomic E-state index is 12.5. The standard InChI is InChI=1S/C13H26O2S/c1-5-13(3,4)16(14,15)11(2)12-9-7-6-8-10-12/h11-12H,5-10H2,1-4H3. The Hall–Kier alpha value is -0.0500. The first kappa shape index (κ1) is 14.0. The molecule has 16 heavy (non-hydrogen) atoms. The third-order valence-corrected chi connectivity index (χ3v) is 7.62. The first-order valence-corrected chi connectivity index (χ1v) is 8.11. The molecule has 1 atom stereocenters. The van der Waals surface area contributed by atoms with Crippen molar-refractivity contribution >= 4 is 9.84 Å². The van der Waals surface area contributed by atoms with Gasteiger partial charge in [-0.1, -0.05) is 26.2 Å². The lowest BCUT2D eigenvalue weighted by Gasteiger charge is -2.33. The molecule has 0 amide bonds. The number of hydrogen-bond acceptors (Lipinski definition) is 2. The van der Waals surface area contributed by atoms with Gasteiger partial charge >= 0.3 is 0 Å². The molecule has 2 nitrogen and oxygen atoms in total. The summed E-state index contributed by atoms with van der Waals surface area (Å²) in [6.07, 6.45) is 6.58. The summed E-state index contributed by atoms with van der Waals surface area (Å²) in [5, 5.41) is -0.164. The van der Waals surface area contributed by atoms with Crippen molar-refractivity contribution in [3.63, 3.8) is 0 Å². The van der Waals surface area contributed by atoms with Crippen LogP contribution in [0.2, 0.25) is 0 Å². The minimum absolute atomic E-state index is 0.164. The van der Waals surface area contributed by atoms with E-state index in [0.717, 1.165) is 12.8 Å². The van der Waals surface area contributed by atoms with Gasteiger partial charge in [0.1, 0.15) is 0 Å². The zero-order valence-electron chi connectivity index (χ0n) is 11.1. The predicted octanol–water partition coefficient (Wildman–Crippen LogP) is 3.56. The van der Waals surface area contributed by atoms with Gasteiger partial charge in [-0.2, -0.15) is 0 Å². The van der Waals surface area contributed by atoms with E-state index in [4.69, 9.17) is 0 Å². The van der Waals surface area contributed by atoms with Crippen LogP contribution in [0.5, 0.6) is 0 Å². The Morgan fingerprint density at radius 3 is 2.12 bits per heavy atom. The highest BCUT2D eigenvalue weighted by Gasteiger charge is 2.40. The van der Waals surface area contributed by atoms with Crippen molar-refractivity contribution in [3.8, 4) is 0 Å². The summed E-state index contributed by atoms with van der Waals surface area (Å²) in [4.78, 5) is 0. The molecular formula is C13H26O2S. The Morgan fingerprint density at radius 1 is 1.19 bits per heavy atom. The zero-order valence-corrected chi connectivity index (χ0v) is 11.9. The molecule has 0 heterocycles. The largest absolute Gasteiger partial charge is 0.228 e. The van der Waals surface area contributed by atoms with E-state index in [-0.39, 0.29) is 5.25 Å². The van der Waals surface area contributed by atoms with E-state index < -0.39 is 14.6 Å². The van der Waals surface area contributed by atoms with Crippen molar-refractivity contribution in [2.24, 2.45) is 5.92 Å². The molecule has 0 spiro atoms. The summed E-state index contributed by atoms with van der Waals surface area (Å²) in [5.74, 6) is 0.393. The number of rotatable bonds is 4. The summed E-state index contributed by atoms with van der Waals surface area (Å²) in [7, 11) is -2.99. The molecule has 0 N–H and O–H groups in total. The van der Waals surface area contributed by atoms with Gasteiger partial charge in [0.25, 0.3) is 0 Å². The Labute approximate surface area is 101 Å². The van der Waals surface area contributed by atoms with E-state index in [0.29, 0.717) is 12.3 Å². The molecule has 0 aliphatic heterocycles. The normalized spacial score (nSPS) is 22.0. The van der Waals surface area contributed by atoms with Crippen LogP contribution in [0.25, 0.3) is 0 Å². The molecular weight excluding hydrogens is 220 g/mol. The molecule has 0 saturated heterocycles. The first-order valence-electron chi connectivity index (χ1n) is 6.56. The highest BCUT2D eigenvalue weighted by molar-refractivity contribution is 7.93. The van der Waals surface area contributed by atoms with Crippen molar-refractivity contribution < 1.29 is 8.42 Å². The number of sulfone groups is 1. The highest BCUT2D eigenvalue weighted by Crippen LogP contribution is 2.34. The van der Waals surface area contributed by atoms with Gasteiger partial charge in [0.05, 0.1) is 10.00 Å². The highest BCUT2D eigenvalue weighted by atomic mass is 32.2. The smallest absolute Gasteiger partial charge is 0.158 e. The minimum atomic E-state index is -2.99. The topological polar surface area (TPSA) is 34.1 Å². The number of hydrogen-bond donors (Lipinski definition) is 0. The van der Waals surface area contributed by atoms with Crippen molar-refractivity contribution in [1.29, 1.82) is 0 Å². The predicted molar refractivity (Wildman–Crippen MR) is 69.3 cm³/mol. The van der Waals surface area contributed by atoms with Crippen molar-refractivity contribution in [2.45, 2.75) is 76.2 Å². The maximum Gasteiger partial charge on any atom is 0.158 e. The van der Waals surface area contributed by atoms with Gasteiger partial charge < -0.3 is 0 Å². The monoisotopic (exact) mass is 246 g/mol. The van der Waals surface area contributed by atoms with Gasteiger partial charge in [0.15, 0.2) is 9.84 Å². The second kappa shape index (κ2) is 5.07. The van der Waals surface area contributed by atoms with Crippen LogP contribution in [0.4, 0.5) is 0 Å². The molecule has 0 aromatic carbocycles. The fourth-order valence-electron chi connectivity index (χ4n) is 2.56. The van der Waals surface area contributed by atoms with E-state index >= 15 is 0 Å². The van der Waals surface area contributed by atoms with Gasteiger partial charge in [-0.25, -0.2) is 8.42 Å².